The van der Waals surface area contributed by atoms with Crippen LogP contribution in [0.15, 0.2) is 47.3 Å². The number of amides is 1. The van der Waals surface area contributed by atoms with Gasteiger partial charge in [-0.15, -0.1) is 0 Å². The summed E-state index contributed by atoms with van der Waals surface area (Å²) < 4.78 is 1.55. The lowest BCUT2D eigenvalue weighted by Gasteiger charge is -2.21. The van der Waals surface area contributed by atoms with Crippen LogP contribution in [0, 0.1) is 12.8 Å². The van der Waals surface area contributed by atoms with E-state index >= 15 is 0 Å². The molecule has 0 aliphatic heterocycles. The Balaban J connectivity index is 1.57. The predicted molar refractivity (Wildman–Crippen MR) is 122 cm³/mol. The Labute approximate surface area is 181 Å². The van der Waals surface area contributed by atoms with Crippen molar-refractivity contribution < 1.29 is 4.79 Å². The molecule has 1 saturated carbocycles. The highest BCUT2D eigenvalue weighted by Gasteiger charge is 2.16. The van der Waals surface area contributed by atoms with E-state index in [4.69, 9.17) is 11.6 Å². The minimum atomic E-state index is -0.144. The first kappa shape index (κ1) is 20.6. The number of hydrogen-bond acceptors (Lipinski definition) is 3. The van der Waals surface area contributed by atoms with Crippen molar-refractivity contribution in [1.29, 1.82) is 0 Å². The molecule has 2 aromatic carbocycles. The van der Waals surface area contributed by atoms with Gasteiger partial charge in [-0.1, -0.05) is 55.8 Å². The summed E-state index contributed by atoms with van der Waals surface area (Å²) in [4.78, 5) is 30.1. The fourth-order valence-electron chi connectivity index (χ4n) is 4.32. The highest BCUT2D eigenvalue weighted by atomic mass is 35.5. The van der Waals surface area contributed by atoms with E-state index in [0.717, 1.165) is 6.42 Å². The van der Waals surface area contributed by atoms with Gasteiger partial charge in [-0.2, -0.15) is 0 Å². The number of nitrogens with one attached hydrogen (secondary N) is 1. The van der Waals surface area contributed by atoms with Gasteiger partial charge in [-0.05, 0) is 49.6 Å². The van der Waals surface area contributed by atoms with Gasteiger partial charge in [-0.3, -0.25) is 14.2 Å². The van der Waals surface area contributed by atoms with Crippen molar-refractivity contribution in [2.24, 2.45) is 5.92 Å². The molecule has 1 N–H and O–H groups in total. The molecule has 156 valence electrons. The Bertz CT molecular complexity index is 1130. The van der Waals surface area contributed by atoms with Crippen LogP contribution >= 0.6 is 11.6 Å². The molecule has 1 amide bonds. The molecule has 0 bridgehead atoms. The lowest BCUT2D eigenvalue weighted by molar-refractivity contribution is -0.116. The molecule has 3 aromatic rings. The molecular formula is C24H26ClN3O2. The van der Waals surface area contributed by atoms with Gasteiger partial charge < -0.3 is 5.32 Å². The smallest absolute Gasteiger partial charge is 0.265 e. The number of carbonyl (C=O) groups excluding carboxylic acids is 1. The number of rotatable bonds is 5. The van der Waals surface area contributed by atoms with Gasteiger partial charge in [0.05, 0.1) is 27.3 Å². The third-order valence-corrected chi connectivity index (χ3v) is 6.26. The van der Waals surface area contributed by atoms with E-state index in [1.54, 1.807) is 35.8 Å². The summed E-state index contributed by atoms with van der Waals surface area (Å²) in [5, 5.41) is 3.93. The van der Waals surface area contributed by atoms with Gasteiger partial charge in [-0.25, -0.2) is 4.98 Å². The number of carbonyl (C=O) groups is 1. The van der Waals surface area contributed by atoms with Crippen LogP contribution in [0.2, 0.25) is 5.02 Å². The van der Waals surface area contributed by atoms with Crippen LogP contribution < -0.4 is 10.9 Å². The van der Waals surface area contributed by atoms with E-state index in [1.165, 1.54) is 32.1 Å². The van der Waals surface area contributed by atoms with Gasteiger partial charge in [0.15, 0.2) is 0 Å². The van der Waals surface area contributed by atoms with Crippen molar-refractivity contribution >= 4 is 34.1 Å². The van der Waals surface area contributed by atoms with Gasteiger partial charge in [0.25, 0.3) is 5.56 Å². The third-order valence-electron chi connectivity index (χ3n) is 5.93. The highest BCUT2D eigenvalue weighted by Crippen LogP contribution is 2.29. The summed E-state index contributed by atoms with van der Waals surface area (Å²) in [6.45, 7) is 1.80. The molecule has 0 atom stereocenters. The maximum atomic E-state index is 13.0. The van der Waals surface area contributed by atoms with Crippen molar-refractivity contribution in [1.82, 2.24) is 9.55 Å². The van der Waals surface area contributed by atoms with Crippen LogP contribution in [0.1, 0.15) is 50.8 Å². The monoisotopic (exact) mass is 423 g/mol. The molecule has 0 unspecified atom stereocenters. The number of hydrogen-bond donors (Lipinski definition) is 1. The summed E-state index contributed by atoms with van der Waals surface area (Å²) in [7, 11) is 0. The van der Waals surface area contributed by atoms with Gasteiger partial charge >= 0.3 is 0 Å². The SMILES string of the molecule is Cc1nc2ccccc2c(=O)n1-c1ccc(Cl)c(NC(=O)CCC2CCCCC2)c1. The van der Waals surface area contributed by atoms with Crippen molar-refractivity contribution in [2.45, 2.75) is 51.9 Å². The Morgan fingerprint density at radius 2 is 1.93 bits per heavy atom. The first-order valence-electron chi connectivity index (χ1n) is 10.6. The van der Waals surface area contributed by atoms with Crippen LogP contribution in [-0.4, -0.2) is 15.5 Å². The lowest BCUT2D eigenvalue weighted by Crippen LogP contribution is -2.22. The first-order valence-corrected chi connectivity index (χ1v) is 11.0. The molecule has 5 nitrogen and oxygen atoms in total. The lowest BCUT2D eigenvalue weighted by atomic mass is 9.86. The van der Waals surface area contributed by atoms with E-state index in [1.807, 2.05) is 18.2 Å². The minimum Gasteiger partial charge on any atom is -0.325 e. The Hall–Kier alpha value is -2.66. The number of aryl methyl sites for hydroxylation is 1. The Morgan fingerprint density at radius 3 is 2.73 bits per heavy atom. The van der Waals surface area contributed by atoms with Gasteiger partial charge in [0, 0.05) is 6.42 Å². The summed E-state index contributed by atoms with van der Waals surface area (Å²) in [5.74, 6) is 1.19. The van der Waals surface area contributed by atoms with E-state index in [9.17, 15) is 9.59 Å². The van der Waals surface area contributed by atoms with Crippen molar-refractivity contribution in [3.05, 3.63) is 63.7 Å². The number of aromatic nitrogens is 2. The average molecular weight is 424 g/mol. The summed E-state index contributed by atoms with van der Waals surface area (Å²) in [6, 6.07) is 12.5. The van der Waals surface area contributed by atoms with Gasteiger partial charge in [0.1, 0.15) is 5.82 Å². The molecule has 30 heavy (non-hydrogen) atoms. The minimum absolute atomic E-state index is 0.0414. The van der Waals surface area contributed by atoms with Crippen LogP contribution in [0.3, 0.4) is 0 Å². The zero-order valence-electron chi connectivity index (χ0n) is 17.2. The molecule has 0 saturated heterocycles. The average Bonchev–Trinajstić information content (AvgIpc) is 2.75. The summed E-state index contributed by atoms with van der Waals surface area (Å²) in [5.41, 5.74) is 1.67. The molecule has 1 heterocycles. The normalized spacial score (nSPS) is 14.7. The fraction of sp³-hybridized carbons (Fsp3) is 0.375. The maximum absolute atomic E-state index is 13.0. The molecule has 1 aliphatic carbocycles. The largest absolute Gasteiger partial charge is 0.325 e. The van der Waals surface area contributed by atoms with Crippen molar-refractivity contribution in [3.63, 3.8) is 0 Å². The van der Waals surface area contributed by atoms with Crippen LogP contribution in [0.25, 0.3) is 16.6 Å². The number of halogens is 1. The molecule has 0 spiro atoms. The fourth-order valence-corrected chi connectivity index (χ4v) is 4.48. The summed E-state index contributed by atoms with van der Waals surface area (Å²) in [6.07, 6.45) is 7.70. The van der Waals surface area contributed by atoms with Crippen molar-refractivity contribution in [3.8, 4) is 5.69 Å². The highest BCUT2D eigenvalue weighted by molar-refractivity contribution is 6.33. The zero-order chi connectivity index (χ0) is 21.1. The van der Waals surface area contributed by atoms with Crippen LogP contribution in [-0.2, 0) is 4.79 Å². The Kier molecular flexibility index (Phi) is 6.18. The number of para-hydroxylation sites is 1. The van der Waals surface area contributed by atoms with E-state index < -0.39 is 0 Å². The standard InChI is InChI=1S/C24H26ClN3O2/c1-16-26-21-10-6-5-9-19(21)24(30)28(16)18-12-13-20(25)22(15-18)27-23(29)14-11-17-7-3-2-4-8-17/h5-6,9-10,12-13,15,17H,2-4,7-8,11,14H2,1H3,(H,27,29). The third kappa shape index (κ3) is 4.41. The van der Waals surface area contributed by atoms with E-state index in [0.29, 0.717) is 45.5 Å². The predicted octanol–water partition coefficient (Wildman–Crippen LogP) is 5.65. The number of benzene rings is 2. The Morgan fingerprint density at radius 1 is 1.17 bits per heavy atom. The molecule has 6 heteroatoms. The maximum Gasteiger partial charge on any atom is 0.265 e. The molecular weight excluding hydrogens is 398 g/mol. The molecule has 4 rings (SSSR count). The quantitative estimate of drug-likeness (QED) is 0.577. The number of nitrogens with zero attached hydrogens (tertiary/aromatic N) is 2. The number of anilines is 1. The van der Waals surface area contributed by atoms with Gasteiger partial charge in [0.2, 0.25) is 5.91 Å². The van der Waals surface area contributed by atoms with E-state index in [-0.39, 0.29) is 11.5 Å². The van der Waals surface area contributed by atoms with Crippen LogP contribution in [0.5, 0.6) is 0 Å². The van der Waals surface area contributed by atoms with Crippen molar-refractivity contribution in [2.75, 3.05) is 5.32 Å². The topological polar surface area (TPSA) is 64.0 Å². The van der Waals surface area contributed by atoms with E-state index in [2.05, 4.69) is 10.3 Å². The van der Waals surface area contributed by atoms with Crippen LogP contribution in [0.4, 0.5) is 5.69 Å². The second-order valence-electron chi connectivity index (χ2n) is 8.07. The zero-order valence-corrected chi connectivity index (χ0v) is 17.9. The molecule has 1 aromatic heterocycles. The second kappa shape index (κ2) is 9.00. The number of fused-ring (bicyclic) bond motifs is 1. The second-order valence-corrected chi connectivity index (χ2v) is 8.48. The molecule has 1 fully saturated rings. The molecule has 0 radical (unpaired) electrons. The summed E-state index contributed by atoms with van der Waals surface area (Å²) >= 11 is 6.33. The molecule has 1 aliphatic rings. The first-order chi connectivity index (χ1) is 14.5.